The van der Waals surface area contributed by atoms with Gasteiger partial charge in [0.15, 0.2) is 0 Å². The summed E-state index contributed by atoms with van der Waals surface area (Å²) in [7, 11) is -2.48. The molecule has 0 aliphatic carbocycles. The number of nitrogens with one attached hydrogen (secondary N) is 2. The Morgan fingerprint density at radius 3 is 2.52 bits per heavy atom. The molecule has 0 aromatic heterocycles. The highest BCUT2D eigenvalue weighted by atomic mass is 32.2. The Labute approximate surface area is 159 Å². The van der Waals surface area contributed by atoms with E-state index < -0.39 is 15.9 Å². The van der Waals surface area contributed by atoms with Crippen LogP contribution in [0.15, 0.2) is 53.4 Å². The third-order valence-corrected chi connectivity index (χ3v) is 5.37. The lowest BCUT2D eigenvalue weighted by Gasteiger charge is -2.12. The summed E-state index contributed by atoms with van der Waals surface area (Å²) in [6.07, 6.45) is 0.970. The Bertz CT molecular complexity index is 854. The Balaban J connectivity index is 2.13. The molecule has 2 rings (SSSR count). The van der Waals surface area contributed by atoms with Crippen LogP contribution in [0, 0.1) is 0 Å². The fourth-order valence-corrected chi connectivity index (χ4v) is 3.69. The first-order valence-corrected chi connectivity index (χ1v) is 10.1. The molecule has 0 aliphatic heterocycles. The molecule has 0 bridgehead atoms. The number of aliphatic hydroxyl groups excluding tert-OH is 1. The first kappa shape index (κ1) is 20.9. The van der Waals surface area contributed by atoms with Gasteiger partial charge in [-0.25, -0.2) is 13.1 Å². The Morgan fingerprint density at radius 1 is 1.11 bits per heavy atom. The van der Waals surface area contributed by atoms with Gasteiger partial charge in [0.25, 0.3) is 5.91 Å². The minimum atomic E-state index is -3.85. The van der Waals surface area contributed by atoms with Gasteiger partial charge in [-0.1, -0.05) is 30.3 Å². The van der Waals surface area contributed by atoms with Crippen molar-refractivity contribution in [3.8, 4) is 5.75 Å². The summed E-state index contributed by atoms with van der Waals surface area (Å²) in [5.74, 6) is -0.249. The SMILES string of the molecule is COc1ccc(C(=O)NCCCO)cc1S(=O)(=O)NCCc1ccccc1. The average molecular weight is 392 g/mol. The molecular weight excluding hydrogens is 368 g/mol. The van der Waals surface area contributed by atoms with Crippen LogP contribution in [0.5, 0.6) is 5.75 Å². The highest BCUT2D eigenvalue weighted by Crippen LogP contribution is 2.24. The number of hydrogen-bond donors (Lipinski definition) is 3. The third-order valence-electron chi connectivity index (χ3n) is 3.88. The molecular formula is C19H24N2O5S. The topological polar surface area (TPSA) is 105 Å². The van der Waals surface area contributed by atoms with Crippen molar-refractivity contribution in [2.45, 2.75) is 17.7 Å². The fraction of sp³-hybridized carbons (Fsp3) is 0.316. The van der Waals surface area contributed by atoms with Gasteiger partial charge in [0.2, 0.25) is 10.0 Å². The number of ether oxygens (including phenoxy) is 1. The van der Waals surface area contributed by atoms with Crippen LogP contribution in [0.25, 0.3) is 0 Å². The van der Waals surface area contributed by atoms with Crippen molar-refractivity contribution in [3.63, 3.8) is 0 Å². The molecule has 2 aromatic rings. The van der Waals surface area contributed by atoms with Crippen LogP contribution in [0.3, 0.4) is 0 Å². The van der Waals surface area contributed by atoms with Gasteiger partial charge in [0.1, 0.15) is 10.6 Å². The monoisotopic (exact) mass is 392 g/mol. The molecule has 0 saturated carbocycles. The zero-order valence-electron chi connectivity index (χ0n) is 15.1. The van der Waals surface area contributed by atoms with Gasteiger partial charge in [-0.05, 0) is 36.6 Å². The van der Waals surface area contributed by atoms with Gasteiger partial charge in [-0.15, -0.1) is 0 Å². The summed E-state index contributed by atoms with van der Waals surface area (Å²) in [6.45, 7) is 0.495. The smallest absolute Gasteiger partial charge is 0.251 e. The number of carbonyl (C=O) groups excluding carboxylic acids is 1. The van der Waals surface area contributed by atoms with Crippen molar-refractivity contribution >= 4 is 15.9 Å². The molecule has 0 fully saturated rings. The number of methoxy groups -OCH3 is 1. The lowest BCUT2D eigenvalue weighted by atomic mass is 10.2. The highest BCUT2D eigenvalue weighted by Gasteiger charge is 2.21. The summed E-state index contributed by atoms with van der Waals surface area (Å²) < 4.78 is 33.1. The zero-order valence-corrected chi connectivity index (χ0v) is 16.0. The van der Waals surface area contributed by atoms with E-state index in [0.717, 1.165) is 5.56 Å². The fourth-order valence-electron chi connectivity index (χ4n) is 2.46. The van der Waals surface area contributed by atoms with Crippen molar-refractivity contribution in [3.05, 3.63) is 59.7 Å². The number of amides is 1. The molecule has 0 spiro atoms. The Kier molecular flexibility index (Phi) is 7.78. The van der Waals surface area contributed by atoms with Gasteiger partial charge >= 0.3 is 0 Å². The second kappa shape index (κ2) is 10.1. The van der Waals surface area contributed by atoms with Crippen molar-refractivity contribution in [1.82, 2.24) is 10.0 Å². The average Bonchev–Trinajstić information content (AvgIpc) is 2.68. The molecule has 7 nitrogen and oxygen atoms in total. The van der Waals surface area contributed by atoms with E-state index in [1.54, 1.807) is 0 Å². The summed E-state index contributed by atoms with van der Waals surface area (Å²) in [4.78, 5) is 12.1. The van der Waals surface area contributed by atoms with Gasteiger partial charge in [0, 0.05) is 25.3 Å². The first-order valence-electron chi connectivity index (χ1n) is 8.58. The summed E-state index contributed by atoms with van der Waals surface area (Å²) in [5, 5.41) is 11.4. The lowest BCUT2D eigenvalue weighted by molar-refractivity contribution is 0.0951. The van der Waals surface area contributed by atoms with E-state index in [0.29, 0.717) is 19.4 Å². The van der Waals surface area contributed by atoms with E-state index >= 15 is 0 Å². The molecule has 0 radical (unpaired) electrons. The Hall–Kier alpha value is -2.42. The normalized spacial score (nSPS) is 11.2. The molecule has 0 aliphatic rings. The van der Waals surface area contributed by atoms with Crippen molar-refractivity contribution < 1.29 is 23.1 Å². The van der Waals surface area contributed by atoms with E-state index in [1.165, 1.54) is 25.3 Å². The van der Waals surface area contributed by atoms with E-state index in [4.69, 9.17) is 9.84 Å². The molecule has 2 aromatic carbocycles. The molecule has 3 N–H and O–H groups in total. The molecule has 0 saturated heterocycles. The number of aliphatic hydroxyl groups is 1. The molecule has 1 amide bonds. The maximum absolute atomic E-state index is 12.7. The minimum absolute atomic E-state index is 0.0339. The first-order chi connectivity index (χ1) is 13.0. The molecule has 27 heavy (non-hydrogen) atoms. The molecule has 8 heteroatoms. The zero-order chi connectivity index (χ0) is 19.7. The van der Waals surface area contributed by atoms with E-state index in [1.807, 2.05) is 30.3 Å². The van der Waals surface area contributed by atoms with Crippen molar-refractivity contribution in [2.75, 3.05) is 26.8 Å². The van der Waals surface area contributed by atoms with Crippen LogP contribution in [0.1, 0.15) is 22.3 Å². The second-order valence-electron chi connectivity index (χ2n) is 5.83. The maximum atomic E-state index is 12.7. The summed E-state index contributed by atoms with van der Waals surface area (Å²) in [6, 6.07) is 13.8. The van der Waals surface area contributed by atoms with Gasteiger partial charge in [-0.3, -0.25) is 4.79 Å². The molecule has 0 atom stereocenters. The van der Waals surface area contributed by atoms with Crippen LogP contribution in [0.4, 0.5) is 0 Å². The van der Waals surface area contributed by atoms with Crippen molar-refractivity contribution in [1.29, 1.82) is 0 Å². The number of rotatable bonds is 10. The minimum Gasteiger partial charge on any atom is -0.495 e. The molecule has 0 unspecified atom stereocenters. The highest BCUT2D eigenvalue weighted by molar-refractivity contribution is 7.89. The second-order valence-corrected chi connectivity index (χ2v) is 7.57. The summed E-state index contributed by atoms with van der Waals surface area (Å²) in [5.41, 5.74) is 1.22. The lowest BCUT2D eigenvalue weighted by Crippen LogP contribution is -2.28. The van der Waals surface area contributed by atoms with Gasteiger partial charge < -0.3 is 15.2 Å². The van der Waals surface area contributed by atoms with Crippen molar-refractivity contribution in [2.24, 2.45) is 0 Å². The van der Waals surface area contributed by atoms with Crippen LogP contribution >= 0.6 is 0 Å². The van der Waals surface area contributed by atoms with E-state index in [9.17, 15) is 13.2 Å². The van der Waals surface area contributed by atoms with Crippen LogP contribution in [-0.2, 0) is 16.4 Å². The van der Waals surface area contributed by atoms with Gasteiger partial charge in [0.05, 0.1) is 7.11 Å². The molecule has 146 valence electrons. The standard InChI is InChI=1S/C19H24N2O5S/c1-26-17-9-8-16(19(23)20-11-5-13-22)14-18(17)27(24,25)21-12-10-15-6-3-2-4-7-15/h2-4,6-9,14,21-22H,5,10-13H2,1H3,(H,20,23). The van der Waals surface area contributed by atoms with E-state index in [-0.39, 0.29) is 29.4 Å². The Morgan fingerprint density at radius 2 is 1.85 bits per heavy atom. The predicted molar refractivity (Wildman–Crippen MR) is 102 cm³/mol. The predicted octanol–water partition coefficient (Wildman–Crippen LogP) is 1.33. The number of carbonyl (C=O) groups is 1. The van der Waals surface area contributed by atoms with Crippen LogP contribution in [0.2, 0.25) is 0 Å². The van der Waals surface area contributed by atoms with Crippen LogP contribution in [-0.4, -0.2) is 46.2 Å². The largest absolute Gasteiger partial charge is 0.495 e. The van der Waals surface area contributed by atoms with Gasteiger partial charge in [-0.2, -0.15) is 0 Å². The number of sulfonamides is 1. The third kappa shape index (κ3) is 6.06. The summed E-state index contributed by atoms with van der Waals surface area (Å²) >= 11 is 0. The number of benzene rings is 2. The molecule has 0 heterocycles. The van der Waals surface area contributed by atoms with Crippen LogP contribution < -0.4 is 14.8 Å². The quantitative estimate of drug-likeness (QED) is 0.529. The van der Waals surface area contributed by atoms with E-state index in [2.05, 4.69) is 10.0 Å². The number of hydrogen-bond acceptors (Lipinski definition) is 5. The maximum Gasteiger partial charge on any atom is 0.251 e.